The number of ether oxygens (including phenoxy) is 2. The Morgan fingerprint density at radius 3 is 2.18 bits per heavy atom. The topological polar surface area (TPSA) is 112 Å². The van der Waals surface area contributed by atoms with Crippen molar-refractivity contribution in [1.82, 2.24) is 19.7 Å². The molecule has 0 aliphatic carbocycles. The molecule has 3 heterocycles. The predicted molar refractivity (Wildman–Crippen MR) is 163 cm³/mol. The lowest BCUT2D eigenvalue weighted by atomic mass is 9.90. The quantitative estimate of drug-likeness (QED) is 0.219. The summed E-state index contributed by atoms with van der Waals surface area (Å²) in [5.74, 6) is -1.19. The number of alkyl halides is 2. The third kappa shape index (κ3) is 7.10. The summed E-state index contributed by atoms with van der Waals surface area (Å²) >= 11 is 11.5. The van der Waals surface area contributed by atoms with Gasteiger partial charge in [-0.15, -0.1) is 0 Å². The Morgan fingerprint density at radius 1 is 0.932 bits per heavy atom. The number of hydrogen-bond acceptors (Lipinski definition) is 6. The SMILES string of the molecule is COc1cc2[nH]cc(C(=O)C(=O)N3CCN(C(=O)OC(C)(Cl)Cl)CC3)c2cc1C(=O)N1CCC(Cc2ccc(F)cc2)CC1. The first-order valence-electron chi connectivity index (χ1n) is 14.4. The van der Waals surface area contributed by atoms with Gasteiger partial charge in [0.2, 0.25) is 0 Å². The molecule has 2 fully saturated rings. The number of carbonyl (C=O) groups excluding carboxylic acids is 4. The molecule has 3 aromatic rings. The summed E-state index contributed by atoms with van der Waals surface area (Å²) in [5.41, 5.74) is 2.06. The number of aromatic amines is 1. The zero-order valence-electron chi connectivity index (χ0n) is 24.4. The summed E-state index contributed by atoms with van der Waals surface area (Å²) in [7, 11) is 1.47. The maximum Gasteiger partial charge on any atom is 0.412 e. The van der Waals surface area contributed by atoms with E-state index in [0.717, 1.165) is 24.8 Å². The van der Waals surface area contributed by atoms with Gasteiger partial charge in [0.1, 0.15) is 11.6 Å². The van der Waals surface area contributed by atoms with Crippen molar-refractivity contribution in [3.8, 4) is 5.75 Å². The van der Waals surface area contributed by atoms with Crippen molar-refractivity contribution in [3.63, 3.8) is 0 Å². The highest BCUT2D eigenvalue weighted by Crippen LogP contribution is 2.31. The van der Waals surface area contributed by atoms with E-state index in [9.17, 15) is 23.6 Å². The normalized spacial score (nSPS) is 16.2. The van der Waals surface area contributed by atoms with E-state index in [4.69, 9.17) is 32.7 Å². The van der Waals surface area contributed by atoms with Crippen LogP contribution in [0.1, 0.15) is 46.0 Å². The summed E-state index contributed by atoms with van der Waals surface area (Å²) in [6.07, 6.45) is 3.17. The molecule has 0 atom stereocenters. The highest BCUT2D eigenvalue weighted by molar-refractivity contribution is 6.47. The van der Waals surface area contributed by atoms with Crippen molar-refractivity contribution in [3.05, 3.63) is 65.1 Å². The molecule has 0 radical (unpaired) electrons. The number of halogens is 3. The lowest BCUT2D eigenvalue weighted by molar-refractivity contribution is -0.128. The number of Topliss-reactive ketones (excluding diaryl/α,β-unsaturated/α-hetero) is 1. The first-order valence-corrected chi connectivity index (χ1v) is 15.1. The van der Waals surface area contributed by atoms with E-state index in [1.54, 1.807) is 29.2 Å². The molecule has 44 heavy (non-hydrogen) atoms. The number of H-pyrrole nitrogens is 1. The predicted octanol–water partition coefficient (Wildman–Crippen LogP) is 5.03. The number of benzene rings is 2. The van der Waals surface area contributed by atoms with Gasteiger partial charge in [-0.1, -0.05) is 35.3 Å². The molecular formula is C31H33Cl2FN4O6. The number of ketones is 1. The Labute approximate surface area is 263 Å². The summed E-state index contributed by atoms with van der Waals surface area (Å²) in [5, 5.41) is 0.435. The molecular weight excluding hydrogens is 614 g/mol. The molecule has 13 heteroatoms. The number of aromatic nitrogens is 1. The molecule has 0 bridgehead atoms. The van der Waals surface area contributed by atoms with Crippen LogP contribution in [0.15, 0.2) is 42.6 Å². The second kappa shape index (κ2) is 13.0. The second-order valence-electron chi connectivity index (χ2n) is 11.2. The van der Waals surface area contributed by atoms with Crippen molar-refractivity contribution >= 4 is 57.8 Å². The standard InChI is InChI=1S/C31H33Cl2FN4O6/c1-31(32,33)44-30(42)38-13-11-37(12-14-38)29(41)27(39)24-18-35-25-17-26(43-2)23(16-22(24)25)28(40)36-9-7-20(8-10-36)15-19-3-5-21(34)6-4-19/h3-6,16-18,20,35H,7-15H2,1-2H3. The van der Waals surface area contributed by atoms with Gasteiger partial charge in [-0.2, -0.15) is 0 Å². The number of nitrogens with zero attached hydrogens (tertiary/aromatic N) is 3. The number of amides is 3. The highest BCUT2D eigenvalue weighted by Gasteiger charge is 2.33. The first kappa shape index (κ1) is 31.6. The largest absolute Gasteiger partial charge is 0.496 e. The minimum Gasteiger partial charge on any atom is -0.496 e. The van der Waals surface area contributed by atoms with Gasteiger partial charge in [0, 0.05) is 69.4 Å². The van der Waals surface area contributed by atoms with Crippen LogP contribution in [-0.4, -0.2) is 94.3 Å². The van der Waals surface area contributed by atoms with Gasteiger partial charge >= 0.3 is 6.09 Å². The summed E-state index contributed by atoms with van der Waals surface area (Å²) in [6.45, 7) is 2.96. The Balaban J connectivity index is 1.26. The zero-order valence-corrected chi connectivity index (χ0v) is 25.9. The Bertz CT molecular complexity index is 1560. The van der Waals surface area contributed by atoms with Gasteiger partial charge in [0.15, 0.2) is 0 Å². The van der Waals surface area contributed by atoms with Gasteiger partial charge in [0.05, 0.1) is 18.2 Å². The molecule has 5 rings (SSSR count). The van der Waals surface area contributed by atoms with E-state index in [1.165, 1.54) is 42.2 Å². The van der Waals surface area contributed by atoms with Gasteiger partial charge in [0.25, 0.3) is 22.1 Å². The van der Waals surface area contributed by atoms with E-state index in [0.29, 0.717) is 41.2 Å². The third-order valence-corrected chi connectivity index (χ3v) is 8.26. The van der Waals surface area contributed by atoms with Gasteiger partial charge in [-0.05, 0) is 48.9 Å². The van der Waals surface area contributed by atoms with E-state index < -0.39 is 22.3 Å². The lowest BCUT2D eigenvalue weighted by Crippen LogP contribution is -2.52. The molecule has 0 saturated carbocycles. The Hall–Kier alpha value is -3.83. The van der Waals surface area contributed by atoms with E-state index in [-0.39, 0.29) is 43.5 Å². The number of likely N-dealkylation sites (tertiary alicyclic amines) is 1. The van der Waals surface area contributed by atoms with E-state index >= 15 is 0 Å². The fourth-order valence-corrected chi connectivity index (χ4v) is 5.84. The molecule has 1 aromatic heterocycles. The molecule has 2 saturated heterocycles. The van der Waals surface area contributed by atoms with Crippen LogP contribution in [0.4, 0.5) is 9.18 Å². The maximum absolute atomic E-state index is 13.7. The molecule has 2 aliphatic heterocycles. The average Bonchev–Trinajstić information content (AvgIpc) is 3.43. The number of methoxy groups -OCH3 is 1. The maximum atomic E-state index is 13.7. The molecule has 3 amide bonds. The number of fused-ring (bicyclic) bond motifs is 1. The van der Waals surface area contributed by atoms with Crippen molar-refractivity contribution in [2.24, 2.45) is 5.92 Å². The smallest absolute Gasteiger partial charge is 0.412 e. The molecule has 2 aromatic carbocycles. The minimum absolute atomic E-state index is 0.123. The average molecular weight is 648 g/mol. The van der Waals surface area contributed by atoms with E-state index in [2.05, 4.69) is 4.98 Å². The number of rotatable bonds is 7. The summed E-state index contributed by atoms with van der Waals surface area (Å²) in [6, 6.07) is 9.76. The van der Waals surface area contributed by atoms with Gasteiger partial charge < -0.3 is 29.2 Å². The number of carbonyl (C=O) groups is 4. The van der Waals surface area contributed by atoms with Crippen LogP contribution in [-0.2, 0) is 16.0 Å². The fraction of sp³-hybridized carbons (Fsp3) is 0.419. The number of piperidine rings is 1. The monoisotopic (exact) mass is 646 g/mol. The molecule has 234 valence electrons. The fourth-order valence-electron chi connectivity index (χ4n) is 5.71. The third-order valence-electron chi connectivity index (χ3n) is 8.10. The van der Waals surface area contributed by atoms with Gasteiger partial charge in [-0.25, -0.2) is 9.18 Å². The summed E-state index contributed by atoms with van der Waals surface area (Å²) in [4.78, 5) is 59.9. The Kier molecular flexibility index (Phi) is 9.36. The van der Waals surface area contributed by atoms with Gasteiger partial charge in [-0.3, -0.25) is 14.4 Å². The molecule has 1 N–H and O–H groups in total. The highest BCUT2D eigenvalue weighted by atomic mass is 35.5. The van der Waals surface area contributed by atoms with Crippen LogP contribution >= 0.6 is 23.2 Å². The second-order valence-corrected chi connectivity index (χ2v) is 12.8. The van der Waals surface area contributed by atoms with Crippen LogP contribution in [0.5, 0.6) is 5.75 Å². The van der Waals surface area contributed by atoms with Crippen molar-refractivity contribution in [2.45, 2.75) is 30.7 Å². The van der Waals surface area contributed by atoms with Crippen LogP contribution in [0.25, 0.3) is 10.9 Å². The van der Waals surface area contributed by atoms with Crippen molar-refractivity contribution in [1.29, 1.82) is 0 Å². The zero-order chi connectivity index (χ0) is 31.6. The van der Waals surface area contributed by atoms with Crippen LogP contribution in [0.2, 0.25) is 0 Å². The van der Waals surface area contributed by atoms with Crippen LogP contribution in [0, 0.1) is 11.7 Å². The molecule has 2 aliphatic rings. The number of nitrogens with one attached hydrogen (secondary N) is 1. The first-order chi connectivity index (χ1) is 20.9. The number of piperazine rings is 1. The molecule has 0 spiro atoms. The van der Waals surface area contributed by atoms with E-state index in [1.807, 2.05) is 0 Å². The number of hydrogen-bond donors (Lipinski definition) is 1. The lowest BCUT2D eigenvalue weighted by Gasteiger charge is -2.34. The summed E-state index contributed by atoms with van der Waals surface area (Å²) < 4.78 is 22.1. The van der Waals surface area contributed by atoms with Crippen molar-refractivity contribution in [2.75, 3.05) is 46.4 Å². The molecule has 10 nitrogen and oxygen atoms in total. The van der Waals surface area contributed by atoms with Crippen LogP contribution in [0.3, 0.4) is 0 Å². The molecule has 0 unspecified atom stereocenters. The van der Waals surface area contributed by atoms with Crippen molar-refractivity contribution < 1.29 is 33.0 Å². The minimum atomic E-state index is -1.68. The van der Waals surface area contributed by atoms with Crippen LogP contribution < -0.4 is 4.74 Å². The Morgan fingerprint density at radius 2 is 1.57 bits per heavy atom.